The van der Waals surface area contributed by atoms with Crippen molar-refractivity contribution in [3.8, 4) is 0 Å². The zero-order chi connectivity index (χ0) is 32.8. The van der Waals surface area contributed by atoms with E-state index < -0.39 is 66.7 Å². The molecule has 1 aliphatic rings. The number of benzene rings is 1. The van der Waals surface area contributed by atoms with Gasteiger partial charge in [0.1, 0.15) is 44.0 Å². The van der Waals surface area contributed by atoms with Gasteiger partial charge in [0, 0.05) is 5.56 Å². The third kappa shape index (κ3) is 7.74. The molecule has 0 aliphatic carbocycles. The van der Waals surface area contributed by atoms with Gasteiger partial charge in [-0.05, 0) is 86.1 Å². The number of amides is 2. The minimum absolute atomic E-state index is 0.0652. The van der Waals surface area contributed by atoms with Crippen LogP contribution in [-0.4, -0.2) is 63.0 Å². The largest absolute Gasteiger partial charge is 0.443 e. The molecule has 0 saturated carbocycles. The number of sulfone groups is 1. The van der Waals surface area contributed by atoms with Crippen LogP contribution in [0.25, 0.3) is 11.9 Å². The third-order valence-corrected chi connectivity index (χ3v) is 9.11. The Morgan fingerprint density at radius 3 is 2.05 bits per heavy atom. The quantitative estimate of drug-likeness (QED) is 0.361. The minimum atomic E-state index is -4.24. The van der Waals surface area contributed by atoms with Crippen molar-refractivity contribution in [1.29, 1.82) is 0 Å². The highest BCUT2D eigenvalue weighted by Gasteiger charge is 2.55. The zero-order valence-electron chi connectivity index (χ0n) is 25.5. The van der Waals surface area contributed by atoms with E-state index in [4.69, 9.17) is 21.1 Å². The predicted octanol–water partition coefficient (Wildman–Crippen LogP) is 6.73. The third-order valence-electron chi connectivity index (χ3n) is 6.23. The van der Waals surface area contributed by atoms with Crippen molar-refractivity contribution < 1.29 is 36.3 Å². The Balaban J connectivity index is 2.24. The van der Waals surface area contributed by atoms with E-state index in [0.29, 0.717) is 4.90 Å². The highest BCUT2D eigenvalue weighted by Crippen LogP contribution is 2.40. The lowest BCUT2D eigenvalue weighted by molar-refractivity contribution is 0.0139. The fraction of sp³-hybridized carbons (Fsp3) is 0.483. The van der Waals surface area contributed by atoms with Crippen LogP contribution in [0, 0.1) is 5.82 Å². The minimum Gasteiger partial charge on any atom is -0.443 e. The SMILES string of the molecule is CC(C)(C)OC(=O)N(C(=O)OC(C)(C)C)C1=N[C@](C)(c2cc(/C=C(\F)c3cnc(Cl)cn3)ccc2F)CS(=O)(=O)C1(C)C. The van der Waals surface area contributed by atoms with Crippen LogP contribution in [0.15, 0.2) is 35.6 Å². The number of aliphatic imine (C=N–C) groups is 1. The second-order valence-electron chi connectivity index (χ2n) is 12.7. The molecule has 14 heteroatoms. The summed E-state index contributed by atoms with van der Waals surface area (Å²) < 4.78 is 66.9. The number of hydrogen-bond acceptors (Lipinski definition) is 9. The van der Waals surface area contributed by atoms with E-state index in [9.17, 15) is 22.4 Å². The van der Waals surface area contributed by atoms with Crippen molar-refractivity contribution in [2.24, 2.45) is 4.99 Å². The van der Waals surface area contributed by atoms with Gasteiger partial charge in [0.25, 0.3) is 0 Å². The van der Waals surface area contributed by atoms with E-state index in [-0.39, 0.29) is 22.0 Å². The van der Waals surface area contributed by atoms with Gasteiger partial charge in [-0.1, -0.05) is 17.7 Å². The molecule has 0 spiro atoms. The molecule has 43 heavy (non-hydrogen) atoms. The fourth-order valence-electron chi connectivity index (χ4n) is 4.11. The number of hydrogen-bond donors (Lipinski definition) is 0. The Bertz CT molecular complexity index is 1570. The molecule has 2 aromatic rings. The first-order valence-electron chi connectivity index (χ1n) is 13.2. The van der Waals surface area contributed by atoms with Crippen LogP contribution >= 0.6 is 11.6 Å². The summed E-state index contributed by atoms with van der Waals surface area (Å²) in [4.78, 5) is 39.5. The van der Waals surface area contributed by atoms with Gasteiger partial charge in [-0.25, -0.2) is 36.8 Å². The molecule has 1 atom stereocenters. The van der Waals surface area contributed by atoms with Crippen molar-refractivity contribution in [2.75, 3.05) is 5.75 Å². The number of halogens is 3. The Labute approximate surface area is 255 Å². The summed E-state index contributed by atoms with van der Waals surface area (Å²) in [5.74, 6) is -2.87. The standard InChI is InChI=1S/C29H35ClF2N4O6S/c1-26(2,3)41-24(37)36(25(38)42-27(4,5)6)23-28(7,8)43(39,40)16-29(9,35-23)18-12-17(10-11-19(18)31)13-20(32)21-14-34-22(30)15-33-21/h10-15H,16H2,1-9H3/b20-13-/t29-/m0/s1. The first-order chi connectivity index (χ1) is 19.5. The number of nitrogens with zero attached hydrogens (tertiary/aromatic N) is 4. The Morgan fingerprint density at radius 1 is 1.00 bits per heavy atom. The van der Waals surface area contributed by atoms with Gasteiger partial charge in [-0.3, -0.25) is 4.99 Å². The van der Waals surface area contributed by atoms with Gasteiger partial charge in [0.05, 0.1) is 18.1 Å². The maximum Gasteiger partial charge on any atom is 0.425 e. The maximum atomic E-state index is 15.4. The molecule has 10 nitrogen and oxygen atoms in total. The molecule has 1 aromatic heterocycles. The molecule has 0 radical (unpaired) electrons. The first-order valence-corrected chi connectivity index (χ1v) is 15.2. The molecular formula is C29H35ClF2N4O6S. The topological polar surface area (TPSA) is 128 Å². The Hall–Kier alpha value is -3.45. The lowest BCUT2D eigenvalue weighted by Crippen LogP contribution is -2.61. The molecule has 2 amide bonds. The number of ether oxygens (including phenoxy) is 2. The average molecular weight is 641 g/mol. The monoisotopic (exact) mass is 640 g/mol. The van der Waals surface area contributed by atoms with Crippen LogP contribution in [0.3, 0.4) is 0 Å². The molecule has 3 rings (SSSR count). The summed E-state index contributed by atoms with van der Waals surface area (Å²) in [5.41, 5.74) is -4.22. The molecule has 234 valence electrons. The molecule has 2 heterocycles. The van der Waals surface area contributed by atoms with Gasteiger partial charge in [-0.15, -0.1) is 0 Å². The smallest absolute Gasteiger partial charge is 0.425 e. The second-order valence-corrected chi connectivity index (χ2v) is 15.7. The summed E-state index contributed by atoms with van der Waals surface area (Å²) >= 11 is 5.72. The number of aromatic nitrogens is 2. The second kappa shape index (κ2) is 11.6. The van der Waals surface area contributed by atoms with Crippen molar-refractivity contribution in [2.45, 2.75) is 83.8 Å². The normalized spacial score (nSPS) is 20.2. The van der Waals surface area contributed by atoms with E-state index in [1.807, 2.05) is 0 Å². The van der Waals surface area contributed by atoms with E-state index in [1.165, 1.54) is 32.9 Å². The molecule has 0 bridgehead atoms. The van der Waals surface area contributed by atoms with Gasteiger partial charge < -0.3 is 9.47 Å². The molecule has 0 saturated heterocycles. The number of carbonyl (C=O) groups is 2. The molecule has 1 aliphatic heterocycles. The lowest BCUT2D eigenvalue weighted by atomic mass is 9.91. The van der Waals surface area contributed by atoms with Crippen LogP contribution in [0.5, 0.6) is 0 Å². The van der Waals surface area contributed by atoms with Crippen molar-refractivity contribution in [1.82, 2.24) is 14.9 Å². The number of imide groups is 1. The lowest BCUT2D eigenvalue weighted by Gasteiger charge is -2.42. The predicted molar refractivity (Wildman–Crippen MR) is 159 cm³/mol. The van der Waals surface area contributed by atoms with Crippen LogP contribution in [0.2, 0.25) is 5.15 Å². The van der Waals surface area contributed by atoms with Crippen LogP contribution < -0.4 is 0 Å². The van der Waals surface area contributed by atoms with Crippen molar-refractivity contribution >= 4 is 51.4 Å². The van der Waals surface area contributed by atoms with Crippen LogP contribution in [0.1, 0.15) is 79.1 Å². The summed E-state index contributed by atoms with van der Waals surface area (Å²) in [6.07, 6.45) is 0.887. The van der Waals surface area contributed by atoms with E-state index >= 15 is 4.39 Å². The van der Waals surface area contributed by atoms with Crippen molar-refractivity contribution in [3.05, 3.63) is 58.4 Å². The fourth-order valence-corrected chi connectivity index (χ4v) is 5.94. The average Bonchev–Trinajstić information content (AvgIpc) is 2.81. The highest BCUT2D eigenvalue weighted by atomic mass is 35.5. The highest BCUT2D eigenvalue weighted by molar-refractivity contribution is 7.93. The summed E-state index contributed by atoms with van der Waals surface area (Å²) in [6, 6.07) is 3.55. The van der Waals surface area contributed by atoms with E-state index in [2.05, 4.69) is 15.0 Å². The van der Waals surface area contributed by atoms with Crippen LogP contribution in [0.4, 0.5) is 18.4 Å². The van der Waals surface area contributed by atoms with Gasteiger partial charge in [-0.2, -0.15) is 4.90 Å². The summed E-state index contributed by atoms with van der Waals surface area (Å²) in [6.45, 7) is 13.3. The molecule has 0 fully saturated rings. The molecule has 0 unspecified atom stereocenters. The van der Waals surface area contributed by atoms with E-state index in [1.54, 1.807) is 41.5 Å². The molecule has 1 aromatic carbocycles. The Morgan fingerprint density at radius 2 is 1.56 bits per heavy atom. The van der Waals surface area contributed by atoms with Gasteiger partial charge in [0.15, 0.2) is 15.7 Å². The van der Waals surface area contributed by atoms with Crippen molar-refractivity contribution in [3.63, 3.8) is 0 Å². The van der Waals surface area contributed by atoms with E-state index in [0.717, 1.165) is 24.5 Å². The molecular weight excluding hydrogens is 606 g/mol. The summed E-state index contributed by atoms with van der Waals surface area (Å²) in [7, 11) is -4.24. The summed E-state index contributed by atoms with van der Waals surface area (Å²) in [5, 5.41) is 0.0652. The number of carbonyl (C=O) groups excluding carboxylic acids is 2. The zero-order valence-corrected chi connectivity index (χ0v) is 27.0. The van der Waals surface area contributed by atoms with Gasteiger partial charge >= 0.3 is 12.2 Å². The number of rotatable bonds is 3. The first kappa shape index (κ1) is 34.0. The van der Waals surface area contributed by atoms with Crippen LogP contribution in [-0.2, 0) is 24.8 Å². The Kier molecular flexibility index (Phi) is 9.16. The molecule has 0 N–H and O–H groups in total. The number of amidine groups is 1. The van der Waals surface area contributed by atoms with Gasteiger partial charge in [0.2, 0.25) is 0 Å². The maximum absolute atomic E-state index is 15.4.